The molecule has 0 fully saturated rings. The largest absolute Gasteiger partial charge is 0.469 e. The maximum Gasteiger partial charge on any atom is 0.307 e. The Bertz CT molecular complexity index is 587. The Kier molecular flexibility index (Phi) is 3.09. The molecular weight excluding hydrogens is 230 g/mol. The highest BCUT2D eigenvalue weighted by Gasteiger charge is 2.26. The van der Waals surface area contributed by atoms with Gasteiger partial charge in [0.05, 0.1) is 19.1 Å². The van der Waals surface area contributed by atoms with Gasteiger partial charge in [-0.15, -0.1) is 0 Å². The number of ether oxygens (including phenoxy) is 1. The van der Waals surface area contributed by atoms with Gasteiger partial charge in [-0.1, -0.05) is 0 Å². The molecule has 0 amide bonds. The second kappa shape index (κ2) is 4.42. The number of pyridine rings is 1. The van der Waals surface area contributed by atoms with E-state index in [9.17, 15) is 4.79 Å². The SMILES string of the molecule is COC(=O)C[C@](C)(N)c1cnc2c(ccn2C)c1. The molecule has 5 heteroatoms. The summed E-state index contributed by atoms with van der Waals surface area (Å²) in [7, 11) is 3.29. The molecule has 0 aliphatic carbocycles. The summed E-state index contributed by atoms with van der Waals surface area (Å²) in [6, 6.07) is 3.94. The number of methoxy groups -OCH3 is 1. The molecule has 0 aliphatic rings. The van der Waals surface area contributed by atoms with Gasteiger partial charge in [-0.3, -0.25) is 4.79 Å². The van der Waals surface area contributed by atoms with Crippen molar-refractivity contribution >= 4 is 17.0 Å². The zero-order valence-corrected chi connectivity index (χ0v) is 10.8. The lowest BCUT2D eigenvalue weighted by Crippen LogP contribution is -2.36. The third kappa shape index (κ3) is 2.22. The summed E-state index contributed by atoms with van der Waals surface area (Å²) < 4.78 is 6.59. The molecule has 0 radical (unpaired) electrons. The van der Waals surface area contributed by atoms with E-state index in [1.807, 2.05) is 29.9 Å². The normalized spacial score (nSPS) is 14.4. The molecule has 2 aromatic rings. The number of aryl methyl sites for hydroxylation is 1. The van der Waals surface area contributed by atoms with E-state index in [4.69, 9.17) is 5.73 Å². The number of esters is 1. The van der Waals surface area contributed by atoms with Crippen molar-refractivity contribution in [1.29, 1.82) is 0 Å². The van der Waals surface area contributed by atoms with Crippen LogP contribution in [0.1, 0.15) is 18.9 Å². The summed E-state index contributed by atoms with van der Waals surface area (Å²) in [4.78, 5) is 15.7. The first-order chi connectivity index (χ1) is 8.44. The van der Waals surface area contributed by atoms with Crippen LogP contribution in [0.15, 0.2) is 24.5 Å². The van der Waals surface area contributed by atoms with E-state index in [1.165, 1.54) is 7.11 Å². The van der Waals surface area contributed by atoms with Gasteiger partial charge in [0.25, 0.3) is 0 Å². The molecule has 18 heavy (non-hydrogen) atoms. The van der Waals surface area contributed by atoms with E-state index in [0.29, 0.717) is 0 Å². The summed E-state index contributed by atoms with van der Waals surface area (Å²) in [6.45, 7) is 1.80. The highest BCUT2D eigenvalue weighted by molar-refractivity contribution is 5.77. The average Bonchev–Trinajstić information content (AvgIpc) is 2.70. The van der Waals surface area contributed by atoms with Crippen molar-refractivity contribution < 1.29 is 9.53 Å². The van der Waals surface area contributed by atoms with Crippen LogP contribution in [0, 0.1) is 0 Å². The number of hydrogen-bond acceptors (Lipinski definition) is 4. The van der Waals surface area contributed by atoms with Crippen LogP contribution in [0.4, 0.5) is 0 Å². The summed E-state index contributed by atoms with van der Waals surface area (Å²) in [6.07, 6.45) is 3.78. The van der Waals surface area contributed by atoms with E-state index in [1.54, 1.807) is 13.1 Å². The smallest absolute Gasteiger partial charge is 0.307 e. The minimum Gasteiger partial charge on any atom is -0.469 e. The first-order valence-electron chi connectivity index (χ1n) is 5.71. The van der Waals surface area contributed by atoms with Crippen molar-refractivity contribution in [2.45, 2.75) is 18.9 Å². The molecule has 0 saturated carbocycles. The van der Waals surface area contributed by atoms with E-state index in [0.717, 1.165) is 16.6 Å². The number of aromatic nitrogens is 2. The van der Waals surface area contributed by atoms with Gasteiger partial charge in [-0.05, 0) is 24.6 Å². The maximum absolute atomic E-state index is 11.3. The molecule has 0 bridgehead atoms. The lowest BCUT2D eigenvalue weighted by atomic mass is 9.90. The summed E-state index contributed by atoms with van der Waals surface area (Å²) in [5.74, 6) is -0.326. The minimum absolute atomic E-state index is 0.128. The van der Waals surface area contributed by atoms with Crippen molar-refractivity contribution in [1.82, 2.24) is 9.55 Å². The molecule has 2 aromatic heterocycles. The molecule has 0 aliphatic heterocycles. The fraction of sp³-hybridized carbons (Fsp3) is 0.385. The summed E-state index contributed by atoms with van der Waals surface area (Å²) >= 11 is 0. The third-order valence-corrected chi connectivity index (χ3v) is 3.11. The lowest BCUT2D eigenvalue weighted by molar-refractivity contribution is -0.141. The second-order valence-electron chi connectivity index (χ2n) is 4.73. The molecule has 0 aromatic carbocycles. The summed E-state index contributed by atoms with van der Waals surface area (Å²) in [5.41, 5.74) is 7.11. The van der Waals surface area contributed by atoms with Crippen LogP contribution in [-0.2, 0) is 22.1 Å². The summed E-state index contributed by atoms with van der Waals surface area (Å²) in [5, 5.41) is 1.01. The number of rotatable bonds is 3. The van der Waals surface area contributed by atoms with Crippen LogP contribution in [-0.4, -0.2) is 22.6 Å². The number of carbonyl (C=O) groups is 1. The van der Waals surface area contributed by atoms with E-state index >= 15 is 0 Å². The van der Waals surface area contributed by atoms with Gasteiger partial charge in [0, 0.05) is 24.8 Å². The van der Waals surface area contributed by atoms with Gasteiger partial charge < -0.3 is 15.0 Å². The zero-order chi connectivity index (χ0) is 13.3. The van der Waals surface area contributed by atoms with Crippen molar-refractivity contribution in [2.24, 2.45) is 12.8 Å². The number of carbonyl (C=O) groups excluding carboxylic acids is 1. The molecule has 1 atom stereocenters. The molecule has 0 spiro atoms. The Hall–Kier alpha value is -1.88. The molecule has 96 valence electrons. The van der Waals surface area contributed by atoms with Crippen molar-refractivity contribution in [3.63, 3.8) is 0 Å². The Labute approximate surface area is 106 Å². The van der Waals surface area contributed by atoms with Gasteiger partial charge in [0.1, 0.15) is 5.65 Å². The first-order valence-corrected chi connectivity index (χ1v) is 5.71. The van der Waals surface area contributed by atoms with Crippen molar-refractivity contribution in [2.75, 3.05) is 7.11 Å². The van der Waals surface area contributed by atoms with Crippen molar-refractivity contribution in [3.8, 4) is 0 Å². The highest BCUT2D eigenvalue weighted by Crippen LogP contribution is 2.24. The zero-order valence-electron chi connectivity index (χ0n) is 10.8. The quantitative estimate of drug-likeness (QED) is 0.830. The Morgan fingerprint density at radius 3 is 3.00 bits per heavy atom. The fourth-order valence-electron chi connectivity index (χ4n) is 1.94. The molecule has 2 rings (SSSR count). The monoisotopic (exact) mass is 247 g/mol. The van der Waals surface area contributed by atoms with E-state index in [2.05, 4.69) is 9.72 Å². The van der Waals surface area contributed by atoms with Gasteiger partial charge in [-0.25, -0.2) is 4.98 Å². The van der Waals surface area contributed by atoms with E-state index < -0.39 is 5.54 Å². The molecular formula is C13H17N3O2. The fourth-order valence-corrected chi connectivity index (χ4v) is 1.94. The molecule has 0 unspecified atom stereocenters. The topological polar surface area (TPSA) is 70.1 Å². The second-order valence-corrected chi connectivity index (χ2v) is 4.73. The highest BCUT2D eigenvalue weighted by atomic mass is 16.5. The number of nitrogens with zero attached hydrogens (tertiary/aromatic N) is 2. The van der Waals surface area contributed by atoms with Gasteiger partial charge in [0.2, 0.25) is 0 Å². The van der Waals surface area contributed by atoms with Crippen LogP contribution in [0.5, 0.6) is 0 Å². The average molecular weight is 247 g/mol. The minimum atomic E-state index is -0.774. The van der Waals surface area contributed by atoms with Gasteiger partial charge >= 0.3 is 5.97 Å². The standard InChI is InChI=1S/C13H17N3O2/c1-13(14,7-11(17)18-3)10-6-9-4-5-16(2)12(9)15-8-10/h4-6,8H,7,14H2,1-3H3/t13-/m0/s1. The van der Waals surface area contributed by atoms with Crippen LogP contribution in [0.25, 0.3) is 11.0 Å². The van der Waals surface area contributed by atoms with Crippen LogP contribution in [0.2, 0.25) is 0 Å². The molecule has 5 nitrogen and oxygen atoms in total. The van der Waals surface area contributed by atoms with Crippen LogP contribution < -0.4 is 5.73 Å². The van der Waals surface area contributed by atoms with Gasteiger partial charge in [0.15, 0.2) is 0 Å². The molecule has 2 heterocycles. The van der Waals surface area contributed by atoms with Crippen molar-refractivity contribution in [3.05, 3.63) is 30.1 Å². The number of nitrogens with two attached hydrogens (primary N) is 1. The Morgan fingerprint density at radius 1 is 1.61 bits per heavy atom. The maximum atomic E-state index is 11.3. The predicted octanol–water partition coefficient (Wildman–Crippen LogP) is 1.31. The van der Waals surface area contributed by atoms with Crippen LogP contribution >= 0.6 is 0 Å². The molecule has 2 N–H and O–H groups in total. The van der Waals surface area contributed by atoms with Crippen LogP contribution in [0.3, 0.4) is 0 Å². The lowest BCUT2D eigenvalue weighted by Gasteiger charge is -2.23. The Balaban J connectivity index is 2.37. The van der Waals surface area contributed by atoms with E-state index in [-0.39, 0.29) is 12.4 Å². The van der Waals surface area contributed by atoms with Gasteiger partial charge in [-0.2, -0.15) is 0 Å². The molecule has 0 saturated heterocycles. The first kappa shape index (κ1) is 12.6. The third-order valence-electron chi connectivity index (χ3n) is 3.11. The predicted molar refractivity (Wildman–Crippen MR) is 68.9 cm³/mol. The number of fused-ring (bicyclic) bond motifs is 1. The Morgan fingerprint density at radius 2 is 2.33 bits per heavy atom. The number of hydrogen-bond donors (Lipinski definition) is 1.